The van der Waals surface area contributed by atoms with E-state index in [-0.39, 0.29) is 11.1 Å². The lowest BCUT2D eigenvalue weighted by molar-refractivity contribution is 0.955. The number of aryl methyl sites for hydroxylation is 1. The maximum atomic E-state index is 12.0. The molecule has 0 saturated carbocycles. The van der Waals surface area contributed by atoms with Crippen LogP contribution < -0.4 is 11.1 Å². The molecule has 3 rings (SSSR count). The van der Waals surface area contributed by atoms with Crippen LogP contribution in [0.25, 0.3) is 11.0 Å². The zero-order chi connectivity index (χ0) is 14.8. The summed E-state index contributed by atoms with van der Waals surface area (Å²) < 4.78 is 0. The summed E-state index contributed by atoms with van der Waals surface area (Å²) in [5, 5.41) is 0.895. The number of hydrogen-bond donors (Lipinski definition) is 2. The highest BCUT2D eigenvalue weighted by Crippen LogP contribution is 2.18. The average Bonchev–Trinajstić information content (AvgIpc) is 2.48. The van der Waals surface area contributed by atoms with Gasteiger partial charge in [0.25, 0.3) is 11.1 Å². The van der Waals surface area contributed by atoms with E-state index >= 15 is 0 Å². The van der Waals surface area contributed by atoms with Crippen LogP contribution in [0.2, 0.25) is 0 Å². The topological polar surface area (TPSA) is 78.6 Å². The van der Waals surface area contributed by atoms with E-state index in [4.69, 9.17) is 0 Å². The second kappa shape index (κ2) is 5.57. The summed E-state index contributed by atoms with van der Waals surface area (Å²) in [6.07, 6.45) is 0. The third-order valence-corrected chi connectivity index (χ3v) is 4.05. The smallest absolute Gasteiger partial charge is 0.260 e. The highest BCUT2D eigenvalue weighted by atomic mass is 32.2. The van der Waals surface area contributed by atoms with Gasteiger partial charge >= 0.3 is 0 Å². The zero-order valence-electron chi connectivity index (χ0n) is 11.3. The standard InChI is InChI=1S/C15H13N3O2S/c1-9-7-11-12(16-13(9)19)17-15(18-14(11)20)21-8-10-5-3-2-4-6-10/h2-7H,8H2,1H3,(H2,16,17,18,19,20). The Hall–Kier alpha value is -2.34. The Kier molecular flexibility index (Phi) is 3.62. The van der Waals surface area contributed by atoms with Gasteiger partial charge in [-0.2, -0.15) is 0 Å². The number of nitrogens with one attached hydrogen (secondary N) is 2. The predicted molar refractivity (Wildman–Crippen MR) is 83.7 cm³/mol. The highest BCUT2D eigenvalue weighted by Gasteiger charge is 2.07. The molecular formula is C15H13N3O2S. The molecule has 21 heavy (non-hydrogen) atoms. The molecule has 0 unspecified atom stereocenters. The summed E-state index contributed by atoms with van der Waals surface area (Å²) in [4.78, 5) is 33.3. The molecule has 3 aromatic rings. The van der Waals surface area contributed by atoms with Crippen molar-refractivity contribution in [2.45, 2.75) is 17.8 Å². The maximum Gasteiger partial charge on any atom is 0.260 e. The first-order chi connectivity index (χ1) is 10.1. The summed E-state index contributed by atoms with van der Waals surface area (Å²) in [5.41, 5.74) is 1.50. The van der Waals surface area contributed by atoms with Crippen molar-refractivity contribution in [3.63, 3.8) is 0 Å². The van der Waals surface area contributed by atoms with Crippen LogP contribution in [0, 0.1) is 6.92 Å². The van der Waals surface area contributed by atoms with Crippen LogP contribution in [0.5, 0.6) is 0 Å². The van der Waals surface area contributed by atoms with E-state index in [1.54, 1.807) is 13.0 Å². The summed E-state index contributed by atoms with van der Waals surface area (Å²) in [6, 6.07) is 11.5. The zero-order valence-corrected chi connectivity index (χ0v) is 12.2. The summed E-state index contributed by atoms with van der Waals surface area (Å²) in [7, 11) is 0. The number of fused-ring (bicyclic) bond motifs is 1. The van der Waals surface area contributed by atoms with E-state index in [1.807, 2.05) is 30.3 Å². The molecule has 5 nitrogen and oxygen atoms in total. The average molecular weight is 299 g/mol. The molecule has 0 aliphatic carbocycles. The molecule has 106 valence electrons. The van der Waals surface area contributed by atoms with E-state index in [0.29, 0.717) is 27.5 Å². The molecule has 0 radical (unpaired) electrons. The first-order valence-electron chi connectivity index (χ1n) is 6.44. The van der Waals surface area contributed by atoms with Gasteiger partial charge in [0.15, 0.2) is 5.16 Å². The van der Waals surface area contributed by atoms with Crippen LogP contribution >= 0.6 is 11.8 Å². The van der Waals surface area contributed by atoms with Gasteiger partial charge in [0.05, 0.1) is 5.39 Å². The third-order valence-electron chi connectivity index (χ3n) is 3.10. The molecule has 0 atom stereocenters. The number of nitrogens with zero attached hydrogens (tertiary/aromatic N) is 1. The molecule has 0 aliphatic rings. The quantitative estimate of drug-likeness (QED) is 0.574. The Bertz CT molecular complexity index is 900. The molecule has 0 fully saturated rings. The second-order valence-electron chi connectivity index (χ2n) is 4.69. The largest absolute Gasteiger partial charge is 0.306 e. The first-order valence-corrected chi connectivity index (χ1v) is 7.43. The van der Waals surface area contributed by atoms with Crippen molar-refractivity contribution in [1.29, 1.82) is 0 Å². The number of pyridine rings is 1. The Balaban J connectivity index is 1.95. The number of hydrogen-bond acceptors (Lipinski definition) is 4. The minimum absolute atomic E-state index is 0.223. The van der Waals surface area contributed by atoms with Gasteiger partial charge in [-0.05, 0) is 18.6 Å². The van der Waals surface area contributed by atoms with E-state index < -0.39 is 0 Å². The number of H-pyrrole nitrogens is 2. The SMILES string of the molecule is Cc1cc2c(=O)[nH]c(SCc3ccccc3)nc2[nH]c1=O. The highest BCUT2D eigenvalue weighted by molar-refractivity contribution is 7.98. The first kappa shape index (κ1) is 13.6. The molecule has 0 bridgehead atoms. The van der Waals surface area contributed by atoms with Crippen molar-refractivity contribution in [2.75, 3.05) is 0 Å². The monoisotopic (exact) mass is 299 g/mol. The maximum absolute atomic E-state index is 12.0. The Morgan fingerprint density at radius 1 is 1.10 bits per heavy atom. The van der Waals surface area contributed by atoms with Crippen LogP contribution in [0.15, 0.2) is 51.1 Å². The molecule has 0 aliphatic heterocycles. The molecular weight excluding hydrogens is 286 g/mol. The molecule has 0 saturated heterocycles. The van der Waals surface area contributed by atoms with Crippen LogP contribution in [0.3, 0.4) is 0 Å². The van der Waals surface area contributed by atoms with Crippen molar-refractivity contribution in [1.82, 2.24) is 15.0 Å². The minimum Gasteiger partial charge on any atom is -0.306 e. The fourth-order valence-electron chi connectivity index (χ4n) is 1.97. The number of rotatable bonds is 3. The Morgan fingerprint density at radius 3 is 2.62 bits per heavy atom. The van der Waals surface area contributed by atoms with Gasteiger partial charge < -0.3 is 9.97 Å². The Morgan fingerprint density at radius 2 is 1.86 bits per heavy atom. The molecule has 2 heterocycles. The van der Waals surface area contributed by atoms with Crippen LogP contribution in [0.4, 0.5) is 0 Å². The Labute approximate surface area is 124 Å². The van der Waals surface area contributed by atoms with Crippen molar-refractivity contribution in [3.05, 3.63) is 68.2 Å². The van der Waals surface area contributed by atoms with Gasteiger partial charge in [-0.25, -0.2) is 4.98 Å². The van der Waals surface area contributed by atoms with Gasteiger partial charge in [0, 0.05) is 11.3 Å². The predicted octanol–water partition coefficient (Wildman–Crippen LogP) is 2.21. The third kappa shape index (κ3) is 2.90. The normalized spacial score (nSPS) is 10.9. The van der Waals surface area contributed by atoms with Crippen molar-refractivity contribution in [3.8, 4) is 0 Å². The van der Waals surface area contributed by atoms with Gasteiger partial charge in [0.1, 0.15) is 5.65 Å². The van der Waals surface area contributed by atoms with Crippen LogP contribution in [0.1, 0.15) is 11.1 Å². The molecule has 0 amide bonds. The molecule has 0 spiro atoms. The van der Waals surface area contributed by atoms with Crippen LogP contribution in [-0.2, 0) is 5.75 Å². The summed E-state index contributed by atoms with van der Waals surface area (Å²) >= 11 is 1.42. The number of thioether (sulfide) groups is 1. The van der Waals surface area contributed by atoms with E-state index in [2.05, 4.69) is 15.0 Å². The van der Waals surface area contributed by atoms with Gasteiger partial charge in [-0.1, -0.05) is 42.1 Å². The second-order valence-corrected chi connectivity index (χ2v) is 5.65. The molecule has 2 aromatic heterocycles. The lowest BCUT2D eigenvalue weighted by atomic mass is 10.2. The molecule has 1 aromatic carbocycles. The van der Waals surface area contributed by atoms with Gasteiger partial charge in [0.2, 0.25) is 0 Å². The van der Waals surface area contributed by atoms with Crippen LogP contribution in [-0.4, -0.2) is 15.0 Å². The lowest BCUT2D eigenvalue weighted by Gasteiger charge is -2.03. The van der Waals surface area contributed by atoms with E-state index in [9.17, 15) is 9.59 Å². The fraction of sp³-hybridized carbons (Fsp3) is 0.133. The molecule has 2 N–H and O–H groups in total. The number of benzene rings is 1. The van der Waals surface area contributed by atoms with Gasteiger partial charge in [-0.15, -0.1) is 0 Å². The summed E-state index contributed by atoms with van der Waals surface area (Å²) in [5.74, 6) is 0.700. The number of aromatic nitrogens is 3. The van der Waals surface area contributed by atoms with Crippen molar-refractivity contribution in [2.24, 2.45) is 0 Å². The van der Waals surface area contributed by atoms with E-state index in [1.165, 1.54) is 11.8 Å². The minimum atomic E-state index is -0.241. The van der Waals surface area contributed by atoms with E-state index in [0.717, 1.165) is 5.56 Å². The van der Waals surface area contributed by atoms with Crippen molar-refractivity contribution < 1.29 is 0 Å². The molecule has 6 heteroatoms. The summed E-state index contributed by atoms with van der Waals surface area (Å²) in [6.45, 7) is 1.66. The van der Waals surface area contributed by atoms with Gasteiger partial charge in [-0.3, -0.25) is 9.59 Å². The number of aromatic amines is 2. The lowest BCUT2D eigenvalue weighted by Crippen LogP contribution is -2.16. The fourth-order valence-corrected chi connectivity index (χ4v) is 2.79. The van der Waals surface area contributed by atoms with Crippen molar-refractivity contribution >= 4 is 22.8 Å².